The summed E-state index contributed by atoms with van der Waals surface area (Å²) in [6.07, 6.45) is 4.80. The molecular formula is C31H28N4O3S. The van der Waals surface area contributed by atoms with Gasteiger partial charge in [0.15, 0.2) is 0 Å². The molecule has 0 bridgehead atoms. The highest BCUT2D eigenvalue weighted by molar-refractivity contribution is 8.00. The molecule has 3 aromatic carbocycles. The number of hydrogen-bond acceptors (Lipinski definition) is 5. The first kappa shape index (κ1) is 27.3. The Balaban J connectivity index is 1.39. The number of thioether (sulfide) groups is 1. The van der Waals surface area contributed by atoms with Gasteiger partial charge in [0, 0.05) is 34.2 Å². The Morgan fingerprint density at radius 3 is 2.33 bits per heavy atom. The Morgan fingerprint density at radius 1 is 0.846 bits per heavy atom. The fourth-order valence-corrected chi connectivity index (χ4v) is 4.32. The second-order valence-corrected chi connectivity index (χ2v) is 9.78. The molecule has 0 spiro atoms. The first-order valence-corrected chi connectivity index (χ1v) is 13.3. The molecule has 39 heavy (non-hydrogen) atoms. The van der Waals surface area contributed by atoms with Crippen LogP contribution in [0.25, 0.3) is 6.08 Å². The average molecular weight is 537 g/mol. The highest BCUT2D eigenvalue weighted by atomic mass is 32.2. The number of carbonyl (C=O) groups is 3. The number of rotatable bonds is 9. The van der Waals surface area contributed by atoms with Crippen molar-refractivity contribution in [2.24, 2.45) is 0 Å². The molecule has 0 aliphatic heterocycles. The molecule has 0 fully saturated rings. The van der Waals surface area contributed by atoms with Crippen molar-refractivity contribution in [1.29, 1.82) is 0 Å². The fraction of sp³-hybridized carbons (Fsp3) is 0.0968. The molecule has 3 amide bonds. The van der Waals surface area contributed by atoms with E-state index in [0.717, 1.165) is 21.7 Å². The van der Waals surface area contributed by atoms with Crippen LogP contribution in [0.5, 0.6) is 0 Å². The molecular weight excluding hydrogens is 508 g/mol. The van der Waals surface area contributed by atoms with Crippen molar-refractivity contribution in [2.75, 3.05) is 16.4 Å². The summed E-state index contributed by atoms with van der Waals surface area (Å²) in [6, 6.07) is 25.2. The van der Waals surface area contributed by atoms with Crippen LogP contribution in [0.2, 0.25) is 0 Å². The molecule has 1 aromatic heterocycles. The second-order valence-electron chi connectivity index (χ2n) is 8.73. The van der Waals surface area contributed by atoms with Gasteiger partial charge in [0.25, 0.3) is 11.8 Å². The maximum atomic E-state index is 13.1. The lowest BCUT2D eigenvalue weighted by Gasteiger charge is -2.12. The Morgan fingerprint density at radius 2 is 1.62 bits per heavy atom. The Kier molecular flexibility index (Phi) is 9.26. The minimum atomic E-state index is -0.476. The normalized spacial score (nSPS) is 11.0. The maximum Gasteiger partial charge on any atom is 0.272 e. The largest absolute Gasteiger partial charge is 0.325 e. The zero-order chi connectivity index (χ0) is 27.6. The van der Waals surface area contributed by atoms with E-state index in [1.54, 1.807) is 67.0 Å². The van der Waals surface area contributed by atoms with Gasteiger partial charge in [-0.15, -0.1) is 11.8 Å². The van der Waals surface area contributed by atoms with Crippen LogP contribution < -0.4 is 16.0 Å². The van der Waals surface area contributed by atoms with E-state index in [9.17, 15) is 14.4 Å². The van der Waals surface area contributed by atoms with E-state index in [1.165, 1.54) is 11.8 Å². The van der Waals surface area contributed by atoms with Crippen LogP contribution in [-0.4, -0.2) is 28.5 Å². The monoisotopic (exact) mass is 536 g/mol. The number of benzene rings is 3. The SMILES string of the molecule is Cc1cccc(NC(=O)CSc2ccc(NC(=O)/C(=C/c3cccnc3)NC(=O)c3ccccc3)cc2)c1C. The first-order chi connectivity index (χ1) is 18.9. The summed E-state index contributed by atoms with van der Waals surface area (Å²) >= 11 is 1.40. The Bertz CT molecular complexity index is 1490. The van der Waals surface area contributed by atoms with Crippen molar-refractivity contribution in [3.8, 4) is 0 Å². The number of nitrogens with one attached hydrogen (secondary N) is 3. The molecule has 3 N–H and O–H groups in total. The van der Waals surface area contributed by atoms with Crippen LogP contribution in [0, 0.1) is 13.8 Å². The minimum Gasteiger partial charge on any atom is -0.325 e. The summed E-state index contributed by atoms with van der Waals surface area (Å²) < 4.78 is 0. The van der Waals surface area contributed by atoms with E-state index in [-0.39, 0.29) is 17.4 Å². The smallest absolute Gasteiger partial charge is 0.272 e. The second kappa shape index (κ2) is 13.2. The molecule has 0 aliphatic carbocycles. The molecule has 0 unspecified atom stereocenters. The molecule has 1 heterocycles. The molecule has 0 atom stereocenters. The van der Waals surface area contributed by atoms with Crippen molar-refractivity contribution in [2.45, 2.75) is 18.7 Å². The van der Waals surface area contributed by atoms with Gasteiger partial charge in [-0.3, -0.25) is 19.4 Å². The maximum absolute atomic E-state index is 13.1. The minimum absolute atomic E-state index is 0.0819. The number of hydrogen-bond donors (Lipinski definition) is 3. The van der Waals surface area contributed by atoms with Crippen molar-refractivity contribution < 1.29 is 14.4 Å². The summed E-state index contributed by atoms with van der Waals surface area (Å²) in [7, 11) is 0. The van der Waals surface area contributed by atoms with Crippen molar-refractivity contribution in [3.63, 3.8) is 0 Å². The number of aryl methyl sites for hydroxylation is 1. The lowest BCUT2D eigenvalue weighted by molar-refractivity contribution is -0.114. The molecule has 0 saturated carbocycles. The van der Waals surface area contributed by atoms with Crippen LogP contribution in [0.1, 0.15) is 27.0 Å². The third kappa shape index (κ3) is 7.90. The number of amides is 3. The van der Waals surface area contributed by atoms with Gasteiger partial charge in [-0.05, 0) is 85.1 Å². The molecule has 7 nitrogen and oxygen atoms in total. The fourth-order valence-electron chi connectivity index (χ4n) is 3.63. The highest BCUT2D eigenvalue weighted by Gasteiger charge is 2.15. The highest BCUT2D eigenvalue weighted by Crippen LogP contribution is 2.22. The summed E-state index contributed by atoms with van der Waals surface area (Å²) in [5.41, 5.74) is 4.72. The van der Waals surface area contributed by atoms with Gasteiger partial charge in [-0.1, -0.05) is 36.4 Å². The van der Waals surface area contributed by atoms with E-state index in [2.05, 4.69) is 20.9 Å². The van der Waals surface area contributed by atoms with E-state index >= 15 is 0 Å². The quantitative estimate of drug-likeness (QED) is 0.184. The van der Waals surface area contributed by atoms with Gasteiger partial charge in [0.1, 0.15) is 5.70 Å². The Hall–Kier alpha value is -4.69. The van der Waals surface area contributed by atoms with Gasteiger partial charge in [0.05, 0.1) is 5.75 Å². The third-order valence-corrected chi connectivity index (χ3v) is 6.90. The lowest BCUT2D eigenvalue weighted by Crippen LogP contribution is -2.30. The number of aromatic nitrogens is 1. The summed E-state index contributed by atoms with van der Waals surface area (Å²) in [4.78, 5) is 43.3. The molecule has 0 radical (unpaired) electrons. The van der Waals surface area contributed by atoms with Crippen LogP contribution in [0.3, 0.4) is 0 Å². The molecule has 196 valence electrons. The van der Waals surface area contributed by atoms with Gasteiger partial charge in [0.2, 0.25) is 5.91 Å². The van der Waals surface area contributed by atoms with Gasteiger partial charge in [-0.25, -0.2) is 0 Å². The molecule has 8 heteroatoms. The first-order valence-electron chi connectivity index (χ1n) is 12.3. The predicted octanol–water partition coefficient (Wildman–Crippen LogP) is 5.84. The van der Waals surface area contributed by atoms with E-state index in [4.69, 9.17) is 0 Å². The predicted molar refractivity (Wildman–Crippen MR) is 156 cm³/mol. The summed E-state index contributed by atoms with van der Waals surface area (Å²) in [6.45, 7) is 3.99. The topological polar surface area (TPSA) is 100 Å². The molecule has 0 aliphatic rings. The average Bonchev–Trinajstić information content (AvgIpc) is 2.96. The van der Waals surface area contributed by atoms with Gasteiger partial charge in [-0.2, -0.15) is 0 Å². The molecule has 4 rings (SSSR count). The van der Waals surface area contributed by atoms with Crippen LogP contribution >= 0.6 is 11.8 Å². The van der Waals surface area contributed by atoms with Crippen LogP contribution in [0.15, 0.2) is 108 Å². The van der Waals surface area contributed by atoms with Crippen molar-refractivity contribution in [1.82, 2.24) is 10.3 Å². The molecule has 0 saturated heterocycles. The third-order valence-electron chi connectivity index (χ3n) is 5.89. The lowest BCUT2D eigenvalue weighted by atomic mass is 10.1. The zero-order valence-electron chi connectivity index (χ0n) is 21.6. The van der Waals surface area contributed by atoms with E-state index in [0.29, 0.717) is 16.8 Å². The number of carbonyl (C=O) groups excluding carboxylic acids is 3. The summed E-state index contributed by atoms with van der Waals surface area (Å²) in [5, 5.41) is 8.49. The van der Waals surface area contributed by atoms with Crippen molar-refractivity contribution >= 4 is 46.9 Å². The standard InChI is InChI=1S/C31H28N4O3S/c1-21-8-6-12-27(22(21)2)34-29(36)20-39-26-15-13-25(14-16-26)33-31(38)28(18-23-9-7-17-32-19-23)35-30(37)24-10-4-3-5-11-24/h3-19H,20H2,1-2H3,(H,33,38)(H,34,36)(H,35,37)/b28-18-. The molecule has 4 aromatic rings. The zero-order valence-corrected chi connectivity index (χ0v) is 22.4. The van der Waals surface area contributed by atoms with Crippen LogP contribution in [-0.2, 0) is 9.59 Å². The Labute approximate surface area is 231 Å². The van der Waals surface area contributed by atoms with Crippen LogP contribution in [0.4, 0.5) is 11.4 Å². The van der Waals surface area contributed by atoms with E-state index < -0.39 is 11.8 Å². The van der Waals surface area contributed by atoms with Gasteiger partial charge >= 0.3 is 0 Å². The van der Waals surface area contributed by atoms with Crippen molar-refractivity contribution in [3.05, 3.63) is 125 Å². The number of pyridine rings is 1. The number of nitrogens with zero attached hydrogens (tertiary/aromatic N) is 1. The number of anilines is 2. The van der Waals surface area contributed by atoms with E-state index in [1.807, 2.05) is 50.2 Å². The van der Waals surface area contributed by atoms with Gasteiger partial charge < -0.3 is 16.0 Å². The summed E-state index contributed by atoms with van der Waals surface area (Å²) in [5.74, 6) is -0.712.